The molecule has 0 bridgehead atoms. The van der Waals surface area contributed by atoms with Crippen molar-refractivity contribution in [3.05, 3.63) is 59.9 Å². The summed E-state index contributed by atoms with van der Waals surface area (Å²) in [5.41, 5.74) is 5.27. The summed E-state index contributed by atoms with van der Waals surface area (Å²) in [5.74, 6) is 0. The Kier molecular flexibility index (Phi) is 4.13. The molecule has 0 unspecified atom stereocenters. The number of hydrogen-bond acceptors (Lipinski definition) is 7. The quantitative estimate of drug-likeness (QED) is 0.591. The zero-order valence-electron chi connectivity index (χ0n) is 11.3. The van der Waals surface area contributed by atoms with Crippen LogP contribution >= 0.6 is 11.3 Å². The molecular weight excluding hydrogens is 296 g/mol. The fourth-order valence-corrected chi connectivity index (χ4v) is 2.36. The number of pyridine rings is 1. The molecule has 0 radical (unpaired) electrons. The Morgan fingerprint density at radius 1 is 1.18 bits per heavy atom. The Labute approximate surface area is 130 Å². The molecule has 0 aliphatic carbocycles. The van der Waals surface area contributed by atoms with E-state index in [1.165, 1.54) is 11.3 Å². The van der Waals surface area contributed by atoms with Crippen LogP contribution in [0.25, 0.3) is 10.6 Å². The summed E-state index contributed by atoms with van der Waals surface area (Å²) in [6.07, 6.45) is 5.11. The molecule has 0 saturated carbocycles. The molecule has 0 fully saturated rings. The van der Waals surface area contributed by atoms with Gasteiger partial charge in [0.25, 0.3) is 0 Å². The number of aromatic nitrogens is 3. The lowest BCUT2D eigenvalue weighted by Crippen LogP contribution is -1.90. The molecule has 3 aromatic rings. The normalized spacial score (nSPS) is 10.5. The summed E-state index contributed by atoms with van der Waals surface area (Å²) >= 11 is 1.40. The van der Waals surface area contributed by atoms with Gasteiger partial charge in [0, 0.05) is 18.0 Å². The summed E-state index contributed by atoms with van der Waals surface area (Å²) in [5, 5.41) is 22.3. The van der Waals surface area contributed by atoms with Crippen molar-refractivity contribution in [1.29, 1.82) is 5.26 Å². The van der Waals surface area contributed by atoms with E-state index >= 15 is 0 Å². The largest absolute Gasteiger partial charge is 0.264 e. The zero-order chi connectivity index (χ0) is 15.2. The molecule has 106 valence electrons. The maximum Gasteiger partial charge on any atom is 0.226 e. The number of hydrazone groups is 1. The van der Waals surface area contributed by atoms with Gasteiger partial charge in [-0.1, -0.05) is 23.5 Å². The second-order valence-electron chi connectivity index (χ2n) is 4.26. The van der Waals surface area contributed by atoms with Crippen LogP contribution < -0.4 is 5.43 Å². The van der Waals surface area contributed by atoms with Gasteiger partial charge in [0.15, 0.2) is 5.01 Å². The first-order valence-corrected chi connectivity index (χ1v) is 7.20. The molecule has 6 nitrogen and oxygen atoms in total. The van der Waals surface area contributed by atoms with Gasteiger partial charge in [-0.15, -0.1) is 10.2 Å². The molecule has 0 aliphatic rings. The third kappa shape index (κ3) is 3.31. The zero-order valence-corrected chi connectivity index (χ0v) is 12.2. The predicted molar refractivity (Wildman–Crippen MR) is 85.5 cm³/mol. The van der Waals surface area contributed by atoms with Gasteiger partial charge in [-0.25, -0.2) is 0 Å². The van der Waals surface area contributed by atoms with E-state index in [2.05, 4.69) is 31.8 Å². The minimum atomic E-state index is 0.601. The molecular formula is C15H10N6S. The number of nitrogens with one attached hydrogen (secondary N) is 1. The lowest BCUT2D eigenvalue weighted by Gasteiger charge is -1.94. The second-order valence-corrected chi connectivity index (χ2v) is 5.24. The lowest BCUT2D eigenvalue weighted by molar-refractivity contribution is 1.08. The molecule has 0 atom stereocenters. The predicted octanol–water partition coefficient (Wildman–Crippen LogP) is 2.92. The van der Waals surface area contributed by atoms with E-state index in [-0.39, 0.29) is 0 Å². The fraction of sp³-hybridized carbons (Fsp3) is 0. The molecule has 0 amide bonds. The highest BCUT2D eigenvalue weighted by molar-refractivity contribution is 7.18. The summed E-state index contributed by atoms with van der Waals surface area (Å²) < 4.78 is 0. The van der Waals surface area contributed by atoms with Gasteiger partial charge in [-0.05, 0) is 29.8 Å². The van der Waals surface area contributed by atoms with Crippen molar-refractivity contribution >= 4 is 22.7 Å². The van der Waals surface area contributed by atoms with Crippen molar-refractivity contribution in [2.45, 2.75) is 0 Å². The first-order chi connectivity index (χ1) is 10.8. The van der Waals surface area contributed by atoms with E-state index in [9.17, 15) is 0 Å². The van der Waals surface area contributed by atoms with E-state index in [0.717, 1.165) is 16.1 Å². The maximum atomic E-state index is 8.74. The molecule has 2 heterocycles. The molecule has 0 saturated heterocycles. The Morgan fingerprint density at radius 3 is 2.77 bits per heavy atom. The molecule has 1 N–H and O–H groups in total. The molecule has 3 rings (SSSR count). The van der Waals surface area contributed by atoms with Crippen LogP contribution in [-0.4, -0.2) is 21.4 Å². The van der Waals surface area contributed by atoms with E-state index in [0.29, 0.717) is 10.7 Å². The van der Waals surface area contributed by atoms with Crippen molar-refractivity contribution in [1.82, 2.24) is 15.2 Å². The van der Waals surface area contributed by atoms with Gasteiger partial charge in [0.2, 0.25) is 5.13 Å². The SMILES string of the molecule is N#Cc1ccc(/C=N/Nc2nnc(-c3cccnc3)s2)cc1. The Bertz CT molecular complexity index is 817. The molecule has 1 aromatic carbocycles. The van der Waals surface area contributed by atoms with Gasteiger partial charge in [-0.3, -0.25) is 10.4 Å². The van der Waals surface area contributed by atoms with Gasteiger partial charge in [0.1, 0.15) is 0 Å². The van der Waals surface area contributed by atoms with Gasteiger partial charge >= 0.3 is 0 Å². The molecule has 0 aliphatic heterocycles. The second kappa shape index (κ2) is 6.56. The highest BCUT2D eigenvalue weighted by Gasteiger charge is 2.05. The Balaban J connectivity index is 1.65. The molecule has 7 heteroatoms. The highest BCUT2D eigenvalue weighted by Crippen LogP contribution is 2.25. The molecule has 22 heavy (non-hydrogen) atoms. The van der Waals surface area contributed by atoms with Crippen molar-refractivity contribution in [2.75, 3.05) is 5.43 Å². The minimum Gasteiger partial charge on any atom is -0.264 e. The van der Waals surface area contributed by atoms with E-state index < -0.39 is 0 Å². The van der Waals surface area contributed by atoms with Crippen molar-refractivity contribution in [3.63, 3.8) is 0 Å². The van der Waals surface area contributed by atoms with Crippen LogP contribution in [0.3, 0.4) is 0 Å². The van der Waals surface area contributed by atoms with Crippen LogP contribution in [0.1, 0.15) is 11.1 Å². The highest BCUT2D eigenvalue weighted by atomic mass is 32.1. The van der Waals surface area contributed by atoms with Gasteiger partial charge in [0.05, 0.1) is 17.8 Å². The first kappa shape index (κ1) is 13.9. The smallest absolute Gasteiger partial charge is 0.226 e. The Hall–Kier alpha value is -3.11. The minimum absolute atomic E-state index is 0.601. The monoisotopic (exact) mass is 306 g/mol. The molecule has 2 aromatic heterocycles. The van der Waals surface area contributed by atoms with Crippen molar-refractivity contribution in [2.24, 2.45) is 5.10 Å². The maximum absolute atomic E-state index is 8.74. The summed E-state index contributed by atoms with van der Waals surface area (Å²) in [7, 11) is 0. The van der Waals surface area contributed by atoms with E-state index in [1.807, 2.05) is 24.3 Å². The van der Waals surface area contributed by atoms with E-state index in [4.69, 9.17) is 5.26 Å². The van der Waals surface area contributed by atoms with Crippen LogP contribution in [0, 0.1) is 11.3 Å². The number of nitriles is 1. The number of rotatable bonds is 4. The third-order valence-corrected chi connectivity index (χ3v) is 3.62. The van der Waals surface area contributed by atoms with Crippen molar-refractivity contribution in [3.8, 4) is 16.6 Å². The average molecular weight is 306 g/mol. The summed E-state index contributed by atoms with van der Waals surface area (Å²) in [6.45, 7) is 0. The van der Waals surface area contributed by atoms with Crippen molar-refractivity contribution < 1.29 is 0 Å². The van der Waals surface area contributed by atoms with Gasteiger partial charge in [-0.2, -0.15) is 10.4 Å². The van der Waals surface area contributed by atoms with Crippen LogP contribution in [0.4, 0.5) is 5.13 Å². The Morgan fingerprint density at radius 2 is 2.05 bits per heavy atom. The number of nitrogens with zero attached hydrogens (tertiary/aromatic N) is 5. The van der Waals surface area contributed by atoms with E-state index in [1.54, 1.807) is 30.7 Å². The lowest BCUT2D eigenvalue weighted by atomic mass is 10.2. The molecule has 0 spiro atoms. The standard InChI is InChI=1S/C15H10N6S/c16-8-11-3-5-12(6-4-11)9-18-20-15-21-19-14(22-15)13-2-1-7-17-10-13/h1-7,9-10H,(H,20,21)/b18-9+. The summed E-state index contributed by atoms with van der Waals surface area (Å²) in [6, 6.07) is 13.0. The van der Waals surface area contributed by atoms with Crippen LogP contribution in [0.5, 0.6) is 0 Å². The number of anilines is 1. The number of benzene rings is 1. The van der Waals surface area contributed by atoms with Crippen LogP contribution in [0.15, 0.2) is 53.9 Å². The number of hydrogen-bond donors (Lipinski definition) is 1. The third-order valence-electron chi connectivity index (χ3n) is 2.75. The van der Waals surface area contributed by atoms with Crippen LogP contribution in [-0.2, 0) is 0 Å². The first-order valence-electron chi connectivity index (χ1n) is 6.38. The topological polar surface area (TPSA) is 86.9 Å². The fourth-order valence-electron chi connectivity index (χ4n) is 1.68. The summed E-state index contributed by atoms with van der Waals surface area (Å²) in [4.78, 5) is 4.05. The average Bonchev–Trinajstić information content (AvgIpc) is 3.05. The van der Waals surface area contributed by atoms with Gasteiger partial charge < -0.3 is 0 Å². The van der Waals surface area contributed by atoms with Crippen LogP contribution in [0.2, 0.25) is 0 Å².